The summed E-state index contributed by atoms with van der Waals surface area (Å²) in [7, 11) is -6.28. The first-order valence-corrected chi connectivity index (χ1v) is 9.06. The minimum atomic E-state index is -4.05. The summed E-state index contributed by atoms with van der Waals surface area (Å²) in [5.74, 6) is -1.13. The number of hydrogen-bond acceptors (Lipinski definition) is 6. The lowest BCUT2D eigenvalue weighted by Crippen LogP contribution is -2.36. The summed E-state index contributed by atoms with van der Waals surface area (Å²) < 4.78 is 53.9. The molecular weight excluding hydrogens is 318 g/mol. The van der Waals surface area contributed by atoms with E-state index in [1.54, 1.807) is 0 Å². The van der Waals surface area contributed by atoms with E-state index in [4.69, 9.17) is 0 Å². The molecule has 1 atom stereocenters. The van der Waals surface area contributed by atoms with Crippen LogP contribution < -0.4 is 4.72 Å². The van der Waals surface area contributed by atoms with Gasteiger partial charge in [-0.3, -0.25) is 0 Å². The van der Waals surface area contributed by atoms with E-state index in [1.165, 1.54) is 30.3 Å². The summed E-state index contributed by atoms with van der Waals surface area (Å²) in [6.45, 7) is 0. The van der Waals surface area contributed by atoms with E-state index in [-0.39, 0.29) is 16.2 Å². The Balaban J connectivity index is 2.33. The minimum absolute atomic E-state index is 0.114. The number of methoxy groups -OCH3 is 1. The van der Waals surface area contributed by atoms with E-state index in [0.29, 0.717) is 0 Å². The van der Waals surface area contributed by atoms with E-state index >= 15 is 0 Å². The number of nitrogens with one attached hydrogen (secondary N) is 1. The fourth-order valence-corrected chi connectivity index (χ4v) is 4.62. The van der Waals surface area contributed by atoms with Gasteiger partial charge in [-0.15, -0.1) is 0 Å². The lowest BCUT2D eigenvalue weighted by atomic mass is 10.2. The molecule has 0 spiro atoms. The number of carbonyl (C=O) groups is 1. The number of hydrogen-bond donors (Lipinski definition) is 1. The van der Waals surface area contributed by atoms with Crippen LogP contribution in [0.5, 0.6) is 0 Å². The molecule has 1 aromatic rings. The zero-order chi connectivity index (χ0) is 15.7. The van der Waals surface area contributed by atoms with Gasteiger partial charge in [0.25, 0.3) is 0 Å². The number of rotatable bonds is 4. The molecule has 7 nitrogen and oxygen atoms in total. The molecule has 1 heterocycles. The Labute approximate surface area is 122 Å². The van der Waals surface area contributed by atoms with Crippen molar-refractivity contribution in [2.75, 3.05) is 12.9 Å². The maximum atomic E-state index is 12.3. The van der Waals surface area contributed by atoms with Gasteiger partial charge in [0.1, 0.15) is 0 Å². The fourth-order valence-electron chi connectivity index (χ4n) is 1.89. The highest BCUT2D eigenvalue weighted by atomic mass is 32.2. The highest BCUT2D eigenvalue weighted by molar-refractivity contribution is 7.94. The maximum Gasteiger partial charge on any atom is 0.339 e. The van der Waals surface area contributed by atoms with Crippen LogP contribution in [-0.2, 0) is 24.6 Å². The van der Waals surface area contributed by atoms with Crippen molar-refractivity contribution in [3.05, 3.63) is 41.3 Å². The van der Waals surface area contributed by atoms with Crippen LogP contribution in [0.25, 0.3) is 0 Å². The molecule has 1 aromatic carbocycles. The SMILES string of the molecule is COC(=O)c1ccccc1S(=O)(=O)NC1C=CS(=O)(=O)C1. The highest BCUT2D eigenvalue weighted by Crippen LogP contribution is 2.18. The number of sulfonamides is 1. The Hall–Kier alpha value is -1.71. The van der Waals surface area contributed by atoms with Crippen LogP contribution in [0, 0.1) is 0 Å². The van der Waals surface area contributed by atoms with Gasteiger partial charge in [-0.05, 0) is 12.1 Å². The van der Waals surface area contributed by atoms with Crippen LogP contribution in [-0.4, -0.2) is 41.7 Å². The quantitative estimate of drug-likeness (QED) is 0.782. The monoisotopic (exact) mass is 331 g/mol. The topological polar surface area (TPSA) is 107 Å². The molecule has 9 heteroatoms. The Kier molecular flexibility index (Phi) is 4.17. The third-order valence-electron chi connectivity index (χ3n) is 2.82. The van der Waals surface area contributed by atoms with Crippen molar-refractivity contribution in [1.29, 1.82) is 0 Å². The largest absolute Gasteiger partial charge is 0.465 e. The van der Waals surface area contributed by atoms with Crippen molar-refractivity contribution in [1.82, 2.24) is 4.72 Å². The van der Waals surface area contributed by atoms with E-state index in [2.05, 4.69) is 9.46 Å². The Morgan fingerprint density at radius 1 is 1.33 bits per heavy atom. The zero-order valence-electron chi connectivity index (χ0n) is 11.0. The lowest BCUT2D eigenvalue weighted by Gasteiger charge is -2.13. The van der Waals surface area contributed by atoms with Crippen molar-refractivity contribution in [3.8, 4) is 0 Å². The fraction of sp³-hybridized carbons (Fsp3) is 0.250. The summed E-state index contributed by atoms with van der Waals surface area (Å²) in [5, 5.41) is 0.965. The van der Waals surface area contributed by atoms with E-state index in [0.717, 1.165) is 12.5 Å². The van der Waals surface area contributed by atoms with Gasteiger partial charge in [0, 0.05) is 5.41 Å². The molecule has 0 amide bonds. The first-order chi connectivity index (χ1) is 9.75. The molecule has 2 rings (SSSR count). The number of esters is 1. The van der Waals surface area contributed by atoms with Crippen LogP contribution in [0.3, 0.4) is 0 Å². The van der Waals surface area contributed by atoms with Gasteiger partial charge in [0.15, 0.2) is 9.84 Å². The molecule has 21 heavy (non-hydrogen) atoms. The van der Waals surface area contributed by atoms with E-state index in [1.807, 2.05) is 0 Å². The maximum absolute atomic E-state index is 12.3. The number of sulfone groups is 1. The molecular formula is C12H13NO6S2. The smallest absolute Gasteiger partial charge is 0.339 e. The molecule has 0 bridgehead atoms. The standard InChI is InChI=1S/C12H13NO6S2/c1-19-12(14)10-4-2-3-5-11(10)21(17,18)13-9-6-7-20(15,16)8-9/h2-7,9,13H,8H2,1H3. The normalized spacial score (nSPS) is 20.3. The third kappa shape index (κ3) is 3.49. The van der Waals surface area contributed by atoms with Crippen LogP contribution >= 0.6 is 0 Å². The molecule has 0 aliphatic carbocycles. The minimum Gasteiger partial charge on any atom is -0.465 e. The van der Waals surface area contributed by atoms with Gasteiger partial charge < -0.3 is 4.74 Å². The molecule has 0 aromatic heterocycles. The van der Waals surface area contributed by atoms with E-state index in [9.17, 15) is 21.6 Å². The lowest BCUT2D eigenvalue weighted by molar-refractivity contribution is 0.0596. The first kappa shape index (κ1) is 15.7. The molecule has 0 saturated carbocycles. The molecule has 1 aliphatic rings. The van der Waals surface area contributed by atoms with Crippen LogP contribution in [0.1, 0.15) is 10.4 Å². The van der Waals surface area contributed by atoms with Crippen LogP contribution in [0.15, 0.2) is 40.6 Å². The van der Waals surface area contributed by atoms with Gasteiger partial charge in [0.05, 0.1) is 29.4 Å². The zero-order valence-corrected chi connectivity index (χ0v) is 12.6. The summed E-state index contributed by atoms with van der Waals surface area (Å²) in [6.07, 6.45) is 1.26. The summed E-state index contributed by atoms with van der Waals surface area (Å²) in [5.41, 5.74) is -0.114. The predicted octanol–water partition coefficient (Wildman–Crippen LogP) is 0.0622. The molecule has 114 valence electrons. The van der Waals surface area contributed by atoms with E-state index < -0.39 is 31.9 Å². The average molecular weight is 331 g/mol. The van der Waals surface area contributed by atoms with Crippen LogP contribution in [0.2, 0.25) is 0 Å². The molecule has 1 unspecified atom stereocenters. The van der Waals surface area contributed by atoms with Crippen molar-refractivity contribution in [2.45, 2.75) is 10.9 Å². The van der Waals surface area contributed by atoms with Gasteiger partial charge in [-0.2, -0.15) is 0 Å². The van der Waals surface area contributed by atoms with Crippen molar-refractivity contribution in [3.63, 3.8) is 0 Å². The molecule has 0 radical (unpaired) electrons. The summed E-state index contributed by atoms with van der Waals surface area (Å²) >= 11 is 0. The Morgan fingerprint density at radius 3 is 2.57 bits per heavy atom. The molecule has 1 aliphatic heterocycles. The number of benzene rings is 1. The Morgan fingerprint density at radius 2 is 2.00 bits per heavy atom. The first-order valence-electron chi connectivity index (χ1n) is 5.86. The summed E-state index contributed by atoms with van der Waals surface area (Å²) in [6, 6.07) is 4.68. The van der Waals surface area contributed by atoms with Gasteiger partial charge in [-0.1, -0.05) is 18.2 Å². The second-order valence-electron chi connectivity index (χ2n) is 4.37. The van der Waals surface area contributed by atoms with Crippen molar-refractivity contribution >= 4 is 25.8 Å². The molecule has 0 saturated heterocycles. The van der Waals surface area contributed by atoms with Crippen molar-refractivity contribution in [2.24, 2.45) is 0 Å². The highest BCUT2D eigenvalue weighted by Gasteiger charge is 2.29. The Bertz CT molecular complexity index is 795. The number of ether oxygens (including phenoxy) is 1. The average Bonchev–Trinajstić information content (AvgIpc) is 2.76. The van der Waals surface area contributed by atoms with Gasteiger partial charge in [0.2, 0.25) is 10.0 Å². The predicted molar refractivity (Wildman–Crippen MR) is 74.8 cm³/mol. The summed E-state index contributed by atoms with van der Waals surface area (Å²) in [4.78, 5) is 11.3. The van der Waals surface area contributed by atoms with Gasteiger partial charge in [-0.25, -0.2) is 26.4 Å². The number of carbonyl (C=O) groups excluding carboxylic acids is 1. The van der Waals surface area contributed by atoms with Gasteiger partial charge >= 0.3 is 5.97 Å². The molecule has 1 N–H and O–H groups in total. The van der Waals surface area contributed by atoms with Crippen LogP contribution in [0.4, 0.5) is 0 Å². The second-order valence-corrected chi connectivity index (χ2v) is 7.99. The van der Waals surface area contributed by atoms with Crippen molar-refractivity contribution < 1.29 is 26.4 Å². The molecule has 0 fully saturated rings. The third-order valence-corrected chi connectivity index (χ3v) is 5.76. The second kappa shape index (κ2) is 5.58.